The van der Waals surface area contributed by atoms with E-state index in [1.165, 1.54) is 0 Å². The Labute approximate surface area is 227 Å². The summed E-state index contributed by atoms with van der Waals surface area (Å²) < 4.78 is 1.73. The van der Waals surface area contributed by atoms with Gasteiger partial charge in [-0.05, 0) is 56.1 Å². The van der Waals surface area contributed by atoms with Crippen molar-refractivity contribution in [3.8, 4) is 21.8 Å². The molecule has 0 saturated carbocycles. The van der Waals surface area contributed by atoms with Gasteiger partial charge >= 0.3 is 0 Å². The summed E-state index contributed by atoms with van der Waals surface area (Å²) in [6.07, 6.45) is 4.31. The Morgan fingerprint density at radius 1 is 1.18 bits per heavy atom. The molecule has 10 heteroatoms. The number of likely N-dealkylation sites (N-methyl/N-ethyl adjacent to an activating group) is 1. The monoisotopic (exact) mass is 533 g/mol. The Morgan fingerprint density at radius 3 is 2.66 bits per heavy atom. The van der Waals surface area contributed by atoms with Gasteiger partial charge in [-0.3, -0.25) is 9.69 Å². The Balaban J connectivity index is 1.50. The molecule has 1 saturated heterocycles. The number of nitrogens with one attached hydrogen (secondary N) is 1. The highest BCUT2D eigenvalue weighted by molar-refractivity contribution is 7.13. The number of fused-ring (bicyclic) bond motifs is 1. The summed E-state index contributed by atoms with van der Waals surface area (Å²) in [4.78, 5) is 28.5. The number of carbonyl (C=O) groups is 1. The summed E-state index contributed by atoms with van der Waals surface area (Å²) in [7, 11) is 0. The maximum atomic E-state index is 13.3. The normalized spacial score (nSPS) is 15.6. The molecule has 1 unspecified atom stereocenters. The maximum Gasteiger partial charge on any atom is 0.251 e. The number of rotatable bonds is 10. The molecule has 200 valence electrons. The molecule has 1 aliphatic rings. The number of nitrogens with zero attached hydrogens (tertiary/aromatic N) is 6. The zero-order valence-corrected chi connectivity index (χ0v) is 23.2. The van der Waals surface area contributed by atoms with Crippen LogP contribution >= 0.6 is 11.3 Å². The third-order valence-corrected chi connectivity index (χ3v) is 8.33. The quantitative estimate of drug-likeness (QED) is 0.319. The lowest BCUT2D eigenvalue weighted by molar-refractivity contribution is 0.00807. The van der Waals surface area contributed by atoms with Crippen LogP contribution in [0.5, 0.6) is 0 Å². The first-order valence-corrected chi connectivity index (χ1v) is 14.1. The van der Waals surface area contributed by atoms with Crippen molar-refractivity contribution in [3.63, 3.8) is 0 Å². The second-order valence-electron chi connectivity index (χ2n) is 9.93. The molecule has 5 rings (SSSR count). The summed E-state index contributed by atoms with van der Waals surface area (Å²) in [5.74, 6) is 0.514. The van der Waals surface area contributed by atoms with Crippen molar-refractivity contribution in [3.05, 3.63) is 53.7 Å². The first-order chi connectivity index (χ1) is 18.3. The first-order valence-electron chi connectivity index (χ1n) is 13.2. The van der Waals surface area contributed by atoms with Crippen molar-refractivity contribution in [1.82, 2.24) is 29.8 Å². The van der Waals surface area contributed by atoms with Crippen molar-refractivity contribution in [2.24, 2.45) is 0 Å². The summed E-state index contributed by atoms with van der Waals surface area (Å²) in [6, 6.07) is 9.84. The van der Waals surface area contributed by atoms with Gasteiger partial charge < -0.3 is 15.3 Å². The van der Waals surface area contributed by atoms with Gasteiger partial charge in [0.15, 0.2) is 5.65 Å². The molecule has 4 aromatic rings. The lowest BCUT2D eigenvalue weighted by atomic mass is 9.91. The van der Waals surface area contributed by atoms with Crippen LogP contribution in [0.25, 0.3) is 27.5 Å². The van der Waals surface area contributed by atoms with E-state index in [0.717, 1.165) is 29.2 Å². The van der Waals surface area contributed by atoms with E-state index in [9.17, 15) is 9.90 Å². The fourth-order valence-electron chi connectivity index (χ4n) is 4.93. The van der Waals surface area contributed by atoms with Gasteiger partial charge in [0.25, 0.3) is 5.91 Å². The maximum absolute atomic E-state index is 13.3. The summed E-state index contributed by atoms with van der Waals surface area (Å²) in [5, 5.41) is 20.2. The van der Waals surface area contributed by atoms with Crippen LogP contribution in [0.2, 0.25) is 0 Å². The van der Waals surface area contributed by atoms with Gasteiger partial charge in [0.2, 0.25) is 0 Å². The van der Waals surface area contributed by atoms with E-state index < -0.39 is 5.60 Å². The third kappa shape index (κ3) is 5.16. The van der Waals surface area contributed by atoms with E-state index >= 15 is 0 Å². The number of pyridine rings is 1. The molecule has 9 nitrogen and oxygen atoms in total. The topological polar surface area (TPSA) is 98.9 Å². The number of carbonyl (C=O) groups excluding carboxylic acids is 1. The van der Waals surface area contributed by atoms with E-state index in [-0.39, 0.29) is 11.9 Å². The Morgan fingerprint density at radius 2 is 1.97 bits per heavy atom. The molecular formula is C28H35N7O2S. The Bertz CT molecular complexity index is 1410. The molecule has 0 spiro atoms. The van der Waals surface area contributed by atoms with E-state index in [1.807, 2.05) is 53.7 Å². The highest BCUT2D eigenvalue weighted by atomic mass is 32.1. The molecule has 1 atom stereocenters. The largest absolute Gasteiger partial charge is 0.386 e. The molecule has 5 heterocycles. The van der Waals surface area contributed by atoms with Gasteiger partial charge in [0.1, 0.15) is 5.82 Å². The molecule has 0 radical (unpaired) electrons. The molecule has 0 aliphatic carbocycles. The molecule has 2 N–H and O–H groups in total. The van der Waals surface area contributed by atoms with Gasteiger partial charge in [-0.15, -0.1) is 11.3 Å². The van der Waals surface area contributed by atoms with Crippen LogP contribution in [0.1, 0.15) is 44.5 Å². The van der Waals surface area contributed by atoms with Crippen molar-refractivity contribution >= 4 is 28.7 Å². The minimum absolute atomic E-state index is 0.149. The van der Waals surface area contributed by atoms with Crippen LogP contribution < -0.4 is 10.2 Å². The first kappa shape index (κ1) is 26.3. The number of hydrogen-bond donors (Lipinski definition) is 2. The average Bonchev–Trinajstić information content (AvgIpc) is 3.60. The Kier molecular flexibility index (Phi) is 7.47. The smallest absolute Gasteiger partial charge is 0.251 e. The van der Waals surface area contributed by atoms with Crippen LogP contribution in [-0.4, -0.2) is 79.9 Å². The Hall–Kier alpha value is -3.34. The SMILES string of the molecule is CCN(CC)C(C)CNC(=O)c1cc(-c2cnn3ccc(-c4cccs4)nc23)nc(N2CC(O)(CC)C2)c1. The van der Waals surface area contributed by atoms with Gasteiger partial charge in [0, 0.05) is 37.4 Å². The second-order valence-corrected chi connectivity index (χ2v) is 10.9. The van der Waals surface area contributed by atoms with Crippen LogP contribution in [0.4, 0.5) is 5.82 Å². The molecule has 1 aliphatic heterocycles. The minimum Gasteiger partial charge on any atom is -0.386 e. The zero-order valence-electron chi connectivity index (χ0n) is 22.4. The minimum atomic E-state index is -0.721. The summed E-state index contributed by atoms with van der Waals surface area (Å²) in [5.41, 5.74) is 2.72. The van der Waals surface area contributed by atoms with Crippen LogP contribution in [0.15, 0.2) is 48.1 Å². The fraction of sp³-hybridized carbons (Fsp3) is 0.429. The van der Waals surface area contributed by atoms with E-state index in [4.69, 9.17) is 9.97 Å². The van der Waals surface area contributed by atoms with Crippen molar-refractivity contribution in [2.75, 3.05) is 37.6 Å². The molecule has 4 aromatic heterocycles. The van der Waals surface area contributed by atoms with Gasteiger partial charge in [0.05, 0.1) is 33.6 Å². The van der Waals surface area contributed by atoms with Crippen LogP contribution in [0.3, 0.4) is 0 Å². The third-order valence-electron chi connectivity index (χ3n) is 7.44. The highest BCUT2D eigenvalue weighted by Crippen LogP contribution is 2.33. The molecule has 0 aromatic carbocycles. The van der Waals surface area contributed by atoms with Gasteiger partial charge in [-0.25, -0.2) is 14.5 Å². The molecule has 38 heavy (non-hydrogen) atoms. The number of aromatic nitrogens is 4. The molecule has 1 amide bonds. The number of aliphatic hydroxyl groups is 1. The molecule has 0 bridgehead atoms. The van der Waals surface area contributed by atoms with Gasteiger partial charge in [-0.1, -0.05) is 26.8 Å². The number of β-amino-alcohol motifs (C(OH)–C–C–N with tert-alkyl or cyclic N) is 1. The van der Waals surface area contributed by atoms with E-state index in [0.29, 0.717) is 48.8 Å². The van der Waals surface area contributed by atoms with Crippen LogP contribution in [0, 0.1) is 0 Å². The van der Waals surface area contributed by atoms with Crippen LogP contribution in [-0.2, 0) is 0 Å². The number of hydrogen-bond acceptors (Lipinski definition) is 8. The van der Waals surface area contributed by atoms with Crippen molar-refractivity contribution < 1.29 is 9.90 Å². The predicted molar refractivity (Wildman–Crippen MR) is 152 cm³/mol. The van der Waals surface area contributed by atoms with E-state index in [1.54, 1.807) is 22.0 Å². The molecular weight excluding hydrogens is 498 g/mol. The zero-order chi connectivity index (χ0) is 26.9. The lowest BCUT2D eigenvalue weighted by Crippen LogP contribution is -2.61. The second kappa shape index (κ2) is 10.8. The molecule has 1 fully saturated rings. The summed E-state index contributed by atoms with van der Waals surface area (Å²) >= 11 is 1.63. The predicted octanol–water partition coefficient (Wildman–Crippen LogP) is 3.94. The standard InChI is InChI=1S/C28H35N7O2S/c1-5-28(37)17-34(18-28)25-14-20(27(36)29-15-19(4)33(6-2)7-3)13-23(31-25)21-16-30-35-11-10-22(32-26(21)35)24-9-8-12-38-24/h8-14,16,19,37H,5-7,15,17-18H2,1-4H3,(H,29,36). The van der Waals surface area contributed by atoms with Gasteiger partial charge in [-0.2, -0.15) is 5.10 Å². The number of anilines is 1. The van der Waals surface area contributed by atoms with Crippen molar-refractivity contribution in [2.45, 2.75) is 45.8 Å². The average molecular weight is 534 g/mol. The number of thiophene rings is 1. The fourth-order valence-corrected chi connectivity index (χ4v) is 5.62. The lowest BCUT2D eigenvalue weighted by Gasteiger charge is -2.47. The number of amides is 1. The highest BCUT2D eigenvalue weighted by Gasteiger charge is 2.40. The summed E-state index contributed by atoms with van der Waals surface area (Å²) in [6.45, 7) is 11.7. The van der Waals surface area contributed by atoms with Crippen molar-refractivity contribution in [1.29, 1.82) is 0 Å². The van der Waals surface area contributed by atoms with E-state index in [2.05, 4.69) is 36.1 Å².